The molecule has 6 nitrogen and oxygen atoms in total. The van der Waals surface area contributed by atoms with Crippen LogP contribution in [-0.4, -0.2) is 37.2 Å². The van der Waals surface area contributed by atoms with Gasteiger partial charge in [0.05, 0.1) is 0 Å². The van der Waals surface area contributed by atoms with Crippen LogP contribution < -0.4 is 0 Å². The molecule has 0 aromatic heterocycles. The number of unbranched alkanes of at least 4 members (excludes halogenated alkanes) is 36. The highest BCUT2D eigenvalue weighted by Crippen LogP contribution is 2.17. The van der Waals surface area contributed by atoms with Crippen LogP contribution in [0, 0.1) is 0 Å². The largest absolute Gasteiger partial charge is 0.462 e. The van der Waals surface area contributed by atoms with Gasteiger partial charge in [-0.2, -0.15) is 0 Å². The highest BCUT2D eigenvalue weighted by Gasteiger charge is 2.19. The van der Waals surface area contributed by atoms with Gasteiger partial charge in [-0.05, 0) is 57.8 Å². The van der Waals surface area contributed by atoms with Crippen molar-refractivity contribution in [1.29, 1.82) is 0 Å². The van der Waals surface area contributed by atoms with Gasteiger partial charge in [0, 0.05) is 19.3 Å². The normalized spacial score (nSPS) is 12.4. The standard InChI is InChI=1S/C66H118O6/c1-4-7-10-13-16-19-22-25-28-30-31-32-33-34-35-37-38-41-44-47-50-53-56-59-65(68)71-62-63(61-70-64(67)58-55-52-49-46-43-40-27-24-21-18-15-12-9-6-3)72-66(69)60-57-54-51-48-45-42-39-36-29-26-23-20-17-14-11-8-5-2/h8,11,17,20,26,29,39,42,48,51,63H,4-7,9-10,12-16,18-19,21-25,27-28,30-38,40-41,43-47,49-50,52-62H2,1-3H3/b11-8-,20-17-,29-26-,42-39-,51-48-. The van der Waals surface area contributed by atoms with E-state index in [0.29, 0.717) is 19.3 Å². The van der Waals surface area contributed by atoms with Crippen LogP contribution in [0.1, 0.15) is 323 Å². The molecule has 0 aromatic carbocycles. The van der Waals surface area contributed by atoms with Gasteiger partial charge >= 0.3 is 17.9 Å². The lowest BCUT2D eigenvalue weighted by Crippen LogP contribution is -2.30. The quantitative estimate of drug-likeness (QED) is 0.0261. The first-order valence-electron chi connectivity index (χ1n) is 31.3. The summed E-state index contributed by atoms with van der Waals surface area (Å²) in [6, 6.07) is 0. The van der Waals surface area contributed by atoms with Gasteiger partial charge in [0.25, 0.3) is 0 Å². The third-order valence-corrected chi connectivity index (χ3v) is 13.8. The van der Waals surface area contributed by atoms with Crippen LogP contribution in [0.4, 0.5) is 0 Å². The van der Waals surface area contributed by atoms with Gasteiger partial charge in [0.2, 0.25) is 0 Å². The molecule has 72 heavy (non-hydrogen) atoms. The molecule has 1 atom stereocenters. The molecule has 0 aromatic rings. The molecule has 0 spiro atoms. The van der Waals surface area contributed by atoms with Crippen LogP contribution in [-0.2, 0) is 28.6 Å². The molecule has 0 bridgehead atoms. The lowest BCUT2D eigenvalue weighted by Gasteiger charge is -2.18. The van der Waals surface area contributed by atoms with Crippen molar-refractivity contribution >= 4 is 17.9 Å². The van der Waals surface area contributed by atoms with E-state index >= 15 is 0 Å². The molecule has 0 amide bonds. The van der Waals surface area contributed by atoms with E-state index in [2.05, 4.69) is 81.5 Å². The molecular weight excluding hydrogens is 889 g/mol. The van der Waals surface area contributed by atoms with Crippen LogP contribution in [0.25, 0.3) is 0 Å². The summed E-state index contributed by atoms with van der Waals surface area (Å²) in [7, 11) is 0. The van der Waals surface area contributed by atoms with Gasteiger partial charge < -0.3 is 14.2 Å². The third-order valence-electron chi connectivity index (χ3n) is 13.8. The monoisotopic (exact) mass is 1010 g/mol. The molecule has 0 saturated heterocycles. The fourth-order valence-corrected chi connectivity index (χ4v) is 9.13. The average molecular weight is 1010 g/mol. The summed E-state index contributed by atoms with van der Waals surface area (Å²) in [5.74, 6) is -0.933. The minimum Gasteiger partial charge on any atom is -0.462 e. The fraction of sp³-hybridized carbons (Fsp3) is 0.803. The zero-order valence-electron chi connectivity index (χ0n) is 47.9. The van der Waals surface area contributed by atoms with Crippen molar-refractivity contribution in [2.45, 2.75) is 329 Å². The van der Waals surface area contributed by atoms with Crippen LogP contribution in [0.3, 0.4) is 0 Å². The van der Waals surface area contributed by atoms with Crippen LogP contribution in [0.2, 0.25) is 0 Å². The molecule has 6 heteroatoms. The first-order valence-corrected chi connectivity index (χ1v) is 31.3. The van der Waals surface area contributed by atoms with Crippen molar-refractivity contribution < 1.29 is 28.6 Å². The van der Waals surface area contributed by atoms with Crippen molar-refractivity contribution in [1.82, 2.24) is 0 Å². The lowest BCUT2D eigenvalue weighted by molar-refractivity contribution is -0.167. The minimum absolute atomic E-state index is 0.0924. The van der Waals surface area contributed by atoms with E-state index in [1.165, 1.54) is 199 Å². The Labute approximate surface area is 447 Å². The summed E-state index contributed by atoms with van der Waals surface area (Å²) >= 11 is 0. The number of hydrogen-bond donors (Lipinski definition) is 0. The van der Waals surface area contributed by atoms with Crippen molar-refractivity contribution in [2.75, 3.05) is 13.2 Å². The summed E-state index contributed by atoms with van der Waals surface area (Å²) in [6.07, 6.45) is 76.6. The number of hydrogen-bond acceptors (Lipinski definition) is 6. The molecule has 0 aliphatic carbocycles. The number of carbonyl (C=O) groups is 3. The van der Waals surface area contributed by atoms with E-state index in [1.807, 2.05) is 0 Å². The van der Waals surface area contributed by atoms with E-state index in [4.69, 9.17) is 14.2 Å². The Morgan fingerprint density at radius 2 is 0.542 bits per heavy atom. The third kappa shape index (κ3) is 58.0. The Bertz CT molecular complexity index is 1290. The second-order valence-corrected chi connectivity index (χ2v) is 21.0. The minimum atomic E-state index is -0.801. The first kappa shape index (κ1) is 69.1. The Hall–Kier alpha value is -2.89. The van der Waals surface area contributed by atoms with Crippen LogP contribution >= 0.6 is 0 Å². The summed E-state index contributed by atoms with van der Waals surface area (Å²) in [5.41, 5.74) is 0. The zero-order chi connectivity index (χ0) is 52.2. The maximum Gasteiger partial charge on any atom is 0.306 e. The predicted octanol–water partition coefficient (Wildman–Crippen LogP) is 21.2. The summed E-state index contributed by atoms with van der Waals surface area (Å²) in [4.78, 5) is 38.2. The lowest BCUT2D eigenvalue weighted by atomic mass is 10.0. The zero-order valence-corrected chi connectivity index (χ0v) is 47.9. The molecule has 0 heterocycles. The molecule has 0 fully saturated rings. The van der Waals surface area contributed by atoms with Gasteiger partial charge in [-0.25, -0.2) is 0 Å². The van der Waals surface area contributed by atoms with Crippen LogP contribution in [0.5, 0.6) is 0 Å². The van der Waals surface area contributed by atoms with E-state index in [9.17, 15) is 14.4 Å². The topological polar surface area (TPSA) is 78.9 Å². The van der Waals surface area contributed by atoms with E-state index < -0.39 is 6.10 Å². The number of esters is 3. The van der Waals surface area contributed by atoms with Gasteiger partial charge in [0.1, 0.15) is 13.2 Å². The first-order chi connectivity index (χ1) is 35.5. The van der Waals surface area contributed by atoms with Gasteiger partial charge in [0.15, 0.2) is 6.10 Å². The molecule has 0 rings (SSSR count). The molecule has 1 unspecified atom stereocenters. The maximum atomic E-state index is 12.9. The Morgan fingerprint density at radius 3 is 0.833 bits per heavy atom. The highest BCUT2D eigenvalue weighted by atomic mass is 16.6. The fourth-order valence-electron chi connectivity index (χ4n) is 9.13. The van der Waals surface area contributed by atoms with Gasteiger partial charge in [-0.3, -0.25) is 14.4 Å². The highest BCUT2D eigenvalue weighted by molar-refractivity contribution is 5.71. The molecule has 0 aliphatic rings. The molecule has 0 aliphatic heterocycles. The van der Waals surface area contributed by atoms with Gasteiger partial charge in [-0.15, -0.1) is 0 Å². The Kier molecular flexibility index (Phi) is 58.2. The molecule has 418 valence electrons. The van der Waals surface area contributed by atoms with Crippen molar-refractivity contribution in [3.8, 4) is 0 Å². The number of ether oxygens (including phenoxy) is 3. The van der Waals surface area contributed by atoms with Crippen LogP contribution in [0.15, 0.2) is 60.8 Å². The molecule has 0 saturated carbocycles. The number of carbonyl (C=O) groups excluding carboxylic acids is 3. The van der Waals surface area contributed by atoms with Gasteiger partial charge in [-0.1, -0.05) is 306 Å². The van der Waals surface area contributed by atoms with Crippen molar-refractivity contribution in [3.63, 3.8) is 0 Å². The van der Waals surface area contributed by atoms with Crippen molar-refractivity contribution in [2.24, 2.45) is 0 Å². The average Bonchev–Trinajstić information content (AvgIpc) is 3.38. The van der Waals surface area contributed by atoms with E-state index in [-0.39, 0.29) is 37.5 Å². The summed E-state index contributed by atoms with van der Waals surface area (Å²) in [5, 5.41) is 0. The smallest absolute Gasteiger partial charge is 0.306 e. The molecular formula is C66H118O6. The SMILES string of the molecule is CC/C=C\C/C=C\C/C=C\C/C=C\C/C=C\CCCC(=O)OC(COC(=O)CCCCCCCCCCCCCCCC)COC(=O)CCCCCCCCCCCCCCCCCCCCCCCCC. The summed E-state index contributed by atoms with van der Waals surface area (Å²) < 4.78 is 16.9. The van der Waals surface area contributed by atoms with E-state index in [1.54, 1.807) is 0 Å². The molecule has 0 N–H and O–H groups in total. The second kappa shape index (κ2) is 60.7. The summed E-state index contributed by atoms with van der Waals surface area (Å²) in [6.45, 7) is 6.53. The Morgan fingerprint density at radius 1 is 0.292 bits per heavy atom. The number of allylic oxidation sites excluding steroid dienone is 10. The van der Waals surface area contributed by atoms with Crippen molar-refractivity contribution in [3.05, 3.63) is 60.8 Å². The second-order valence-electron chi connectivity index (χ2n) is 21.0. The Balaban J connectivity index is 4.34. The molecule has 0 radical (unpaired) electrons. The maximum absolute atomic E-state index is 12.9. The number of rotatable bonds is 57. The van der Waals surface area contributed by atoms with E-state index in [0.717, 1.165) is 77.0 Å². The predicted molar refractivity (Wildman–Crippen MR) is 312 cm³/mol.